The Hall–Kier alpha value is -2.10. The number of likely N-dealkylation sites (tertiary alicyclic amines) is 1. The number of nitrogens with one attached hydrogen (secondary N) is 1. The van der Waals surface area contributed by atoms with Crippen LogP contribution >= 0.6 is 23.6 Å². The number of para-hydroxylation sites is 1. The molecule has 3 aromatic rings. The van der Waals surface area contributed by atoms with Gasteiger partial charge in [-0.2, -0.15) is 4.68 Å². The van der Waals surface area contributed by atoms with Crippen LogP contribution in [0.4, 0.5) is 0 Å². The molecular weight excluding hydrogens is 382 g/mol. The van der Waals surface area contributed by atoms with Gasteiger partial charge in [0, 0.05) is 13.0 Å². The first-order valence-corrected chi connectivity index (χ1v) is 10.3. The second-order valence-corrected chi connectivity index (χ2v) is 8.34. The number of hydrogen-bond donors (Lipinski definition) is 1. The zero-order valence-electron chi connectivity index (χ0n) is 15.3. The Morgan fingerprint density at radius 3 is 2.96 bits per heavy atom. The minimum Gasteiger partial charge on any atom is -0.412 e. The standard InChI is InChI=1S/C18H21N5O2S2/c1-12(17-19-13-6-3-4-7-14(13)27-17)21(2)11-23-18(26)25-15(20-23)10-22-9-5-8-16(22)24/h3-4,6-7,12H,5,8-11H2,1-2H3/p+1/t12-/m1/s1. The van der Waals surface area contributed by atoms with E-state index < -0.39 is 0 Å². The van der Waals surface area contributed by atoms with Crippen molar-refractivity contribution >= 4 is 39.7 Å². The number of quaternary nitrogens is 1. The Bertz CT molecular complexity index is 991. The van der Waals surface area contributed by atoms with Crippen LogP contribution in [0.15, 0.2) is 28.7 Å². The summed E-state index contributed by atoms with van der Waals surface area (Å²) in [5, 5.41) is 5.57. The molecule has 1 aromatic carbocycles. The van der Waals surface area contributed by atoms with E-state index in [1.165, 1.54) is 9.60 Å². The fourth-order valence-corrected chi connectivity index (χ4v) is 4.52. The molecule has 27 heavy (non-hydrogen) atoms. The monoisotopic (exact) mass is 404 g/mol. The van der Waals surface area contributed by atoms with Gasteiger partial charge in [-0.15, -0.1) is 16.4 Å². The highest BCUT2D eigenvalue weighted by atomic mass is 32.1. The maximum absolute atomic E-state index is 11.8. The zero-order valence-corrected chi connectivity index (χ0v) is 17.0. The van der Waals surface area contributed by atoms with E-state index in [1.807, 2.05) is 18.2 Å². The van der Waals surface area contributed by atoms with Crippen LogP contribution in [-0.2, 0) is 18.0 Å². The highest BCUT2D eigenvalue weighted by Gasteiger charge is 2.24. The van der Waals surface area contributed by atoms with Crippen molar-refractivity contribution in [2.45, 2.75) is 39.0 Å². The lowest BCUT2D eigenvalue weighted by Gasteiger charge is -2.19. The van der Waals surface area contributed by atoms with Crippen LogP contribution in [0, 0.1) is 4.84 Å². The van der Waals surface area contributed by atoms with Crippen LogP contribution in [0.1, 0.15) is 36.7 Å². The molecule has 3 heterocycles. The van der Waals surface area contributed by atoms with Gasteiger partial charge in [0.05, 0.1) is 23.8 Å². The molecular formula is C18H22N5O2S2+. The Kier molecular flexibility index (Phi) is 5.07. The van der Waals surface area contributed by atoms with Gasteiger partial charge in [-0.1, -0.05) is 12.1 Å². The molecule has 2 atom stereocenters. The van der Waals surface area contributed by atoms with Gasteiger partial charge >= 0.3 is 0 Å². The lowest BCUT2D eigenvalue weighted by atomic mass is 10.3. The van der Waals surface area contributed by atoms with E-state index in [2.05, 4.69) is 25.1 Å². The largest absolute Gasteiger partial charge is 0.412 e. The normalized spacial score (nSPS) is 17.0. The fraction of sp³-hybridized carbons (Fsp3) is 0.444. The third-order valence-electron chi connectivity index (χ3n) is 4.96. The minimum atomic E-state index is 0.151. The van der Waals surface area contributed by atoms with E-state index in [4.69, 9.17) is 21.6 Å². The van der Waals surface area contributed by atoms with Gasteiger partial charge in [0.25, 0.3) is 4.84 Å². The Morgan fingerprint density at radius 2 is 2.22 bits per heavy atom. The van der Waals surface area contributed by atoms with Gasteiger partial charge < -0.3 is 14.2 Å². The molecule has 142 valence electrons. The number of carbonyl (C=O) groups is 1. The van der Waals surface area contributed by atoms with Crippen LogP contribution in [-0.4, -0.2) is 39.2 Å². The lowest BCUT2D eigenvalue weighted by Crippen LogP contribution is -3.08. The summed E-state index contributed by atoms with van der Waals surface area (Å²) >= 11 is 7.04. The summed E-state index contributed by atoms with van der Waals surface area (Å²) in [4.78, 5) is 19.9. The van der Waals surface area contributed by atoms with Crippen molar-refractivity contribution in [2.24, 2.45) is 0 Å². The predicted molar refractivity (Wildman–Crippen MR) is 105 cm³/mol. The SMILES string of the molecule is C[C@H](c1nc2ccccc2s1)[NH+](C)Cn1nc(CN2CCCC2=O)oc1=S. The maximum atomic E-state index is 11.8. The summed E-state index contributed by atoms with van der Waals surface area (Å²) in [5.74, 6) is 0.647. The molecule has 0 spiro atoms. The van der Waals surface area contributed by atoms with Gasteiger partial charge in [0.1, 0.15) is 6.04 Å². The second-order valence-electron chi connectivity index (χ2n) is 6.93. The highest BCUT2D eigenvalue weighted by molar-refractivity contribution is 7.71. The molecule has 1 N–H and O–H groups in total. The molecule has 1 amide bonds. The molecule has 0 radical (unpaired) electrons. The molecule has 4 rings (SSSR count). The van der Waals surface area contributed by atoms with E-state index in [-0.39, 0.29) is 11.9 Å². The van der Waals surface area contributed by atoms with Crippen LogP contribution < -0.4 is 4.90 Å². The summed E-state index contributed by atoms with van der Waals surface area (Å²) in [6, 6.07) is 8.38. The first kappa shape index (κ1) is 18.3. The van der Waals surface area contributed by atoms with Crippen LogP contribution in [0.3, 0.4) is 0 Å². The molecule has 1 saturated heterocycles. The molecule has 0 saturated carbocycles. The van der Waals surface area contributed by atoms with Gasteiger partial charge in [-0.05, 0) is 37.7 Å². The third kappa shape index (κ3) is 3.80. The van der Waals surface area contributed by atoms with Crippen molar-refractivity contribution in [3.8, 4) is 0 Å². The minimum absolute atomic E-state index is 0.151. The zero-order chi connectivity index (χ0) is 19.0. The lowest BCUT2D eigenvalue weighted by molar-refractivity contribution is -0.933. The summed E-state index contributed by atoms with van der Waals surface area (Å²) in [6.07, 6.45) is 1.50. The third-order valence-corrected chi connectivity index (χ3v) is 6.48. The number of thiazole rings is 1. The van der Waals surface area contributed by atoms with Crippen LogP contribution in [0.5, 0.6) is 0 Å². The molecule has 2 aromatic heterocycles. The van der Waals surface area contributed by atoms with Gasteiger partial charge in [0.15, 0.2) is 11.7 Å². The van der Waals surface area contributed by atoms with Crippen molar-refractivity contribution in [3.63, 3.8) is 0 Å². The molecule has 9 heteroatoms. The second kappa shape index (κ2) is 7.49. The summed E-state index contributed by atoms with van der Waals surface area (Å²) < 4.78 is 8.50. The van der Waals surface area contributed by atoms with E-state index in [0.29, 0.717) is 30.4 Å². The van der Waals surface area contributed by atoms with E-state index >= 15 is 0 Å². The maximum Gasteiger partial charge on any atom is 0.291 e. The van der Waals surface area contributed by atoms with Crippen molar-refractivity contribution in [2.75, 3.05) is 13.6 Å². The Balaban J connectivity index is 1.46. The molecule has 1 fully saturated rings. The van der Waals surface area contributed by atoms with Gasteiger partial charge in [0.2, 0.25) is 11.8 Å². The Labute approximate surface area is 166 Å². The average molecular weight is 405 g/mol. The number of carbonyl (C=O) groups excluding carboxylic acids is 1. The van der Waals surface area contributed by atoms with Crippen LogP contribution in [0.25, 0.3) is 10.2 Å². The van der Waals surface area contributed by atoms with Crippen molar-refractivity contribution in [3.05, 3.63) is 40.0 Å². The molecule has 0 bridgehead atoms. The predicted octanol–water partition coefficient (Wildman–Crippen LogP) is 2.17. The van der Waals surface area contributed by atoms with E-state index in [9.17, 15) is 4.79 Å². The number of amides is 1. The van der Waals surface area contributed by atoms with Crippen molar-refractivity contribution in [1.82, 2.24) is 19.7 Å². The first-order valence-electron chi connectivity index (χ1n) is 9.03. The van der Waals surface area contributed by atoms with E-state index in [1.54, 1.807) is 20.9 Å². The first-order chi connectivity index (χ1) is 13.0. The van der Waals surface area contributed by atoms with E-state index in [0.717, 1.165) is 23.5 Å². The number of benzene rings is 1. The van der Waals surface area contributed by atoms with Gasteiger partial charge in [-0.3, -0.25) is 4.79 Å². The quantitative estimate of drug-likeness (QED) is 0.638. The van der Waals surface area contributed by atoms with Crippen molar-refractivity contribution in [1.29, 1.82) is 0 Å². The highest BCUT2D eigenvalue weighted by Crippen LogP contribution is 2.24. The molecule has 0 aliphatic carbocycles. The average Bonchev–Trinajstić information content (AvgIpc) is 3.34. The summed E-state index contributed by atoms with van der Waals surface area (Å²) in [6.45, 7) is 3.88. The molecule has 1 aliphatic rings. The molecule has 1 unspecified atom stereocenters. The molecule has 1 aliphatic heterocycles. The number of rotatable bonds is 6. The summed E-state index contributed by atoms with van der Waals surface area (Å²) in [7, 11) is 2.09. The number of fused-ring (bicyclic) bond motifs is 1. The summed E-state index contributed by atoms with van der Waals surface area (Å²) in [5.41, 5.74) is 1.03. The van der Waals surface area contributed by atoms with Crippen LogP contribution in [0.2, 0.25) is 0 Å². The smallest absolute Gasteiger partial charge is 0.291 e. The molecule has 7 nitrogen and oxygen atoms in total. The number of nitrogens with zero attached hydrogens (tertiary/aromatic N) is 4. The number of hydrogen-bond acceptors (Lipinski definition) is 6. The van der Waals surface area contributed by atoms with Gasteiger partial charge in [-0.25, -0.2) is 4.98 Å². The Morgan fingerprint density at radius 1 is 1.41 bits per heavy atom. The fourth-order valence-electron chi connectivity index (χ4n) is 3.21. The topological polar surface area (TPSA) is 68.6 Å². The number of aromatic nitrogens is 3. The van der Waals surface area contributed by atoms with Crippen molar-refractivity contribution < 1.29 is 14.1 Å².